The zero-order valence-corrected chi connectivity index (χ0v) is 18.9. The van der Waals surface area contributed by atoms with E-state index in [0.29, 0.717) is 17.5 Å². The Morgan fingerprint density at radius 3 is 2.53 bits per heavy atom. The van der Waals surface area contributed by atoms with Crippen LogP contribution in [0.5, 0.6) is 0 Å². The van der Waals surface area contributed by atoms with Crippen LogP contribution >= 0.6 is 11.8 Å². The molecule has 1 aliphatic carbocycles. The molecule has 1 N–H and O–H groups in total. The van der Waals surface area contributed by atoms with Crippen LogP contribution in [0.4, 0.5) is 10.1 Å². The van der Waals surface area contributed by atoms with Crippen LogP contribution in [0.15, 0.2) is 53.7 Å². The van der Waals surface area contributed by atoms with Crippen molar-refractivity contribution < 1.29 is 13.9 Å². The topological polar surface area (TPSA) is 69.0 Å². The van der Waals surface area contributed by atoms with Crippen LogP contribution in [-0.2, 0) is 16.1 Å². The summed E-state index contributed by atoms with van der Waals surface area (Å²) in [6.07, 6.45) is 5.41. The number of nitrogens with one attached hydrogen (secondary N) is 1. The SMILES string of the molecule is Cc1ccc(-n2c(CNc3ccc(F)cc3)nnc2SCC(=O)OC2CCCCC2)cc1. The van der Waals surface area contributed by atoms with Gasteiger partial charge < -0.3 is 10.1 Å². The Bertz CT molecular complexity index is 1030. The van der Waals surface area contributed by atoms with Crippen molar-refractivity contribution in [1.82, 2.24) is 14.8 Å². The van der Waals surface area contributed by atoms with Crippen molar-refractivity contribution in [3.8, 4) is 5.69 Å². The summed E-state index contributed by atoms with van der Waals surface area (Å²) < 4.78 is 20.7. The number of esters is 1. The fourth-order valence-corrected chi connectivity index (χ4v) is 4.49. The van der Waals surface area contributed by atoms with E-state index in [1.807, 2.05) is 35.8 Å². The van der Waals surface area contributed by atoms with E-state index in [2.05, 4.69) is 15.5 Å². The van der Waals surface area contributed by atoms with E-state index in [0.717, 1.165) is 42.6 Å². The summed E-state index contributed by atoms with van der Waals surface area (Å²) in [6, 6.07) is 14.2. The second kappa shape index (κ2) is 10.6. The normalized spacial score (nSPS) is 14.3. The molecule has 1 heterocycles. The van der Waals surface area contributed by atoms with E-state index in [4.69, 9.17) is 4.74 Å². The molecule has 1 saturated carbocycles. The summed E-state index contributed by atoms with van der Waals surface area (Å²) in [5, 5.41) is 12.6. The molecule has 6 nitrogen and oxygen atoms in total. The number of nitrogens with zero attached hydrogens (tertiary/aromatic N) is 3. The van der Waals surface area contributed by atoms with Gasteiger partial charge >= 0.3 is 5.97 Å². The molecule has 2 aromatic carbocycles. The van der Waals surface area contributed by atoms with Crippen LogP contribution in [0.1, 0.15) is 43.5 Å². The van der Waals surface area contributed by atoms with E-state index < -0.39 is 0 Å². The molecule has 0 unspecified atom stereocenters. The highest BCUT2D eigenvalue weighted by molar-refractivity contribution is 7.99. The molecule has 0 amide bonds. The van der Waals surface area contributed by atoms with Crippen LogP contribution in [-0.4, -0.2) is 32.6 Å². The largest absolute Gasteiger partial charge is 0.462 e. The van der Waals surface area contributed by atoms with E-state index in [-0.39, 0.29) is 23.6 Å². The van der Waals surface area contributed by atoms with Crippen molar-refractivity contribution in [3.05, 3.63) is 65.7 Å². The van der Waals surface area contributed by atoms with Crippen LogP contribution in [0, 0.1) is 12.7 Å². The number of ether oxygens (including phenoxy) is 1. The van der Waals surface area contributed by atoms with Crippen LogP contribution in [0.25, 0.3) is 5.69 Å². The van der Waals surface area contributed by atoms with Gasteiger partial charge in [-0.25, -0.2) is 4.39 Å². The average molecular weight is 455 g/mol. The molecule has 1 aliphatic rings. The van der Waals surface area contributed by atoms with Gasteiger partial charge in [-0.1, -0.05) is 35.9 Å². The van der Waals surface area contributed by atoms with Crippen molar-refractivity contribution in [2.24, 2.45) is 0 Å². The highest BCUT2D eigenvalue weighted by Gasteiger charge is 2.20. The molecule has 3 aromatic rings. The number of aromatic nitrogens is 3. The van der Waals surface area contributed by atoms with Crippen molar-refractivity contribution >= 4 is 23.4 Å². The first kappa shape index (κ1) is 22.3. The second-order valence-corrected chi connectivity index (χ2v) is 8.91. The summed E-state index contributed by atoms with van der Waals surface area (Å²) in [5.41, 5.74) is 2.85. The van der Waals surface area contributed by atoms with Gasteiger partial charge in [0.15, 0.2) is 11.0 Å². The van der Waals surface area contributed by atoms with Crippen LogP contribution in [0.2, 0.25) is 0 Å². The smallest absolute Gasteiger partial charge is 0.316 e. The minimum absolute atomic E-state index is 0.0438. The van der Waals surface area contributed by atoms with Crippen molar-refractivity contribution in [2.75, 3.05) is 11.1 Å². The molecule has 168 valence electrons. The van der Waals surface area contributed by atoms with Gasteiger partial charge in [0.2, 0.25) is 0 Å². The predicted octanol–water partition coefficient (Wildman–Crippen LogP) is 5.29. The lowest BCUT2D eigenvalue weighted by Crippen LogP contribution is -2.22. The summed E-state index contributed by atoms with van der Waals surface area (Å²) in [5.74, 6) is 0.385. The average Bonchev–Trinajstić information content (AvgIpc) is 3.21. The number of hydrogen-bond donors (Lipinski definition) is 1. The number of hydrogen-bond acceptors (Lipinski definition) is 6. The summed E-state index contributed by atoms with van der Waals surface area (Å²) in [7, 11) is 0. The van der Waals surface area contributed by atoms with E-state index in [9.17, 15) is 9.18 Å². The minimum Gasteiger partial charge on any atom is -0.462 e. The number of benzene rings is 2. The molecule has 0 aliphatic heterocycles. The third-order valence-corrected chi connectivity index (χ3v) is 6.36. The standard InChI is InChI=1S/C24H27FN4O2S/c1-17-7-13-20(14-8-17)29-22(15-26-19-11-9-18(25)10-12-19)27-28-24(29)32-16-23(30)31-21-5-3-2-4-6-21/h7-14,21,26H,2-6,15-16H2,1H3. The molecule has 32 heavy (non-hydrogen) atoms. The third kappa shape index (κ3) is 5.88. The van der Waals surface area contributed by atoms with E-state index in [1.165, 1.54) is 30.3 Å². The Hall–Kier alpha value is -2.87. The highest BCUT2D eigenvalue weighted by Crippen LogP contribution is 2.25. The van der Waals surface area contributed by atoms with Gasteiger partial charge in [0.1, 0.15) is 11.9 Å². The molecular weight excluding hydrogens is 427 g/mol. The molecule has 0 saturated heterocycles. The fraction of sp³-hybridized carbons (Fsp3) is 0.375. The van der Waals surface area contributed by atoms with Crippen LogP contribution in [0.3, 0.4) is 0 Å². The number of carbonyl (C=O) groups is 1. The van der Waals surface area contributed by atoms with Gasteiger partial charge in [0.25, 0.3) is 0 Å². The van der Waals surface area contributed by atoms with Crippen molar-refractivity contribution in [3.63, 3.8) is 0 Å². The Kier molecular flexibility index (Phi) is 7.42. The third-order valence-electron chi connectivity index (χ3n) is 5.46. The molecule has 8 heteroatoms. The first-order valence-corrected chi connectivity index (χ1v) is 11.9. The van der Waals surface area contributed by atoms with E-state index >= 15 is 0 Å². The minimum atomic E-state index is -0.280. The maximum atomic E-state index is 13.2. The van der Waals surface area contributed by atoms with Crippen molar-refractivity contribution in [1.29, 1.82) is 0 Å². The zero-order chi connectivity index (χ0) is 22.3. The Morgan fingerprint density at radius 2 is 1.81 bits per heavy atom. The van der Waals surface area contributed by atoms with Gasteiger partial charge in [0.05, 0.1) is 12.3 Å². The summed E-state index contributed by atoms with van der Waals surface area (Å²) >= 11 is 1.32. The first-order chi connectivity index (χ1) is 15.6. The fourth-order valence-electron chi connectivity index (χ4n) is 3.74. The Labute approximate surface area is 191 Å². The molecular formula is C24H27FN4O2S. The Balaban J connectivity index is 1.47. The highest BCUT2D eigenvalue weighted by atomic mass is 32.2. The summed E-state index contributed by atoms with van der Waals surface area (Å²) in [6.45, 7) is 2.43. The number of rotatable bonds is 8. The monoisotopic (exact) mass is 454 g/mol. The maximum absolute atomic E-state index is 13.2. The molecule has 0 spiro atoms. The predicted molar refractivity (Wildman–Crippen MR) is 124 cm³/mol. The number of carbonyl (C=O) groups excluding carboxylic acids is 1. The lowest BCUT2D eigenvalue weighted by molar-refractivity contribution is -0.147. The molecule has 0 radical (unpaired) electrons. The number of halogens is 1. The Morgan fingerprint density at radius 1 is 1.09 bits per heavy atom. The number of aryl methyl sites for hydroxylation is 1. The molecule has 1 aromatic heterocycles. The van der Waals surface area contributed by atoms with E-state index in [1.54, 1.807) is 12.1 Å². The quantitative estimate of drug-likeness (QED) is 0.368. The van der Waals surface area contributed by atoms with Gasteiger partial charge in [-0.3, -0.25) is 9.36 Å². The van der Waals surface area contributed by atoms with Crippen LogP contribution < -0.4 is 5.32 Å². The second-order valence-electron chi connectivity index (χ2n) is 7.97. The van der Waals surface area contributed by atoms with Gasteiger partial charge in [-0.2, -0.15) is 0 Å². The molecule has 0 bridgehead atoms. The molecule has 0 atom stereocenters. The number of thioether (sulfide) groups is 1. The molecule has 1 fully saturated rings. The van der Waals surface area contributed by atoms with Gasteiger partial charge in [-0.15, -0.1) is 10.2 Å². The maximum Gasteiger partial charge on any atom is 0.316 e. The zero-order valence-electron chi connectivity index (χ0n) is 18.1. The lowest BCUT2D eigenvalue weighted by Gasteiger charge is -2.21. The van der Waals surface area contributed by atoms with Crippen molar-refractivity contribution in [2.45, 2.75) is 56.8 Å². The first-order valence-electron chi connectivity index (χ1n) is 10.9. The summed E-state index contributed by atoms with van der Waals surface area (Å²) in [4.78, 5) is 12.4. The van der Waals surface area contributed by atoms with Gasteiger partial charge in [0, 0.05) is 11.4 Å². The number of anilines is 1. The molecule has 4 rings (SSSR count). The van der Waals surface area contributed by atoms with Gasteiger partial charge in [-0.05, 0) is 69.0 Å². The lowest BCUT2D eigenvalue weighted by atomic mass is 9.98.